The summed E-state index contributed by atoms with van der Waals surface area (Å²) in [7, 11) is 1.54. The first kappa shape index (κ1) is 10.8. The highest BCUT2D eigenvalue weighted by Crippen LogP contribution is 2.29. The first-order chi connectivity index (χ1) is 7.70. The molecule has 5 heteroatoms. The Hall–Kier alpha value is -1.68. The van der Waals surface area contributed by atoms with Gasteiger partial charge in [0.1, 0.15) is 5.75 Å². The van der Waals surface area contributed by atoms with Gasteiger partial charge in [-0.05, 0) is 18.2 Å². The maximum Gasteiger partial charge on any atom is 0.163 e. The topological polar surface area (TPSA) is 35.0 Å². The van der Waals surface area contributed by atoms with Gasteiger partial charge in [-0.2, -0.15) is 0 Å². The number of hydrogen-bond donors (Lipinski definition) is 0. The zero-order valence-electron chi connectivity index (χ0n) is 8.45. The minimum Gasteiger partial charge on any atom is -0.496 e. The molecule has 0 aliphatic carbocycles. The van der Waals surface area contributed by atoms with Crippen LogP contribution in [0.2, 0.25) is 5.02 Å². The van der Waals surface area contributed by atoms with Crippen molar-refractivity contribution in [3.63, 3.8) is 0 Å². The van der Waals surface area contributed by atoms with Gasteiger partial charge in [0, 0.05) is 5.02 Å². The van der Waals surface area contributed by atoms with Crippen LogP contribution < -0.4 is 4.74 Å². The minimum absolute atomic E-state index is 0.376. The van der Waals surface area contributed by atoms with Crippen LogP contribution in [0.5, 0.6) is 5.75 Å². The molecule has 0 amide bonds. The maximum atomic E-state index is 12.7. The third-order valence-electron chi connectivity index (χ3n) is 2.02. The Morgan fingerprint density at radius 2 is 1.94 bits per heavy atom. The van der Waals surface area contributed by atoms with Crippen LogP contribution in [0, 0.1) is 5.82 Å². The van der Waals surface area contributed by atoms with Crippen LogP contribution in [0.1, 0.15) is 0 Å². The Morgan fingerprint density at radius 3 is 2.56 bits per heavy atom. The quantitative estimate of drug-likeness (QED) is 0.807. The van der Waals surface area contributed by atoms with Crippen molar-refractivity contribution in [2.24, 2.45) is 0 Å². The number of rotatable bonds is 2. The molecule has 0 fully saturated rings. The van der Waals surface area contributed by atoms with Gasteiger partial charge in [0.15, 0.2) is 11.6 Å². The fourth-order valence-corrected chi connectivity index (χ4v) is 1.48. The fourth-order valence-electron chi connectivity index (χ4n) is 1.31. The van der Waals surface area contributed by atoms with E-state index < -0.39 is 5.82 Å². The van der Waals surface area contributed by atoms with E-state index in [4.69, 9.17) is 16.3 Å². The molecular weight excluding hydrogens is 231 g/mol. The van der Waals surface area contributed by atoms with Crippen LogP contribution in [0.25, 0.3) is 11.4 Å². The van der Waals surface area contributed by atoms with E-state index in [2.05, 4.69) is 9.97 Å². The molecule has 16 heavy (non-hydrogen) atoms. The summed E-state index contributed by atoms with van der Waals surface area (Å²) in [6.45, 7) is 0. The highest BCUT2D eigenvalue weighted by Gasteiger charge is 2.09. The molecule has 0 radical (unpaired) electrons. The monoisotopic (exact) mass is 238 g/mol. The predicted octanol–water partition coefficient (Wildman–Crippen LogP) is 2.94. The Balaban J connectivity index is 2.53. The van der Waals surface area contributed by atoms with Gasteiger partial charge in [0.05, 0.1) is 25.1 Å². The van der Waals surface area contributed by atoms with Gasteiger partial charge in [0.25, 0.3) is 0 Å². The van der Waals surface area contributed by atoms with Crippen LogP contribution in [0.3, 0.4) is 0 Å². The minimum atomic E-state index is -0.482. The highest BCUT2D eigenvalue weighted by atomic mass is 35.5. The lowest BCUT2D eigenvalue weighted by Crippen LogP contribution is -1.93. The smallest absolute Gasteiger partial charge is 0.163 e. The standard InChI is InChI=1S/C11H8ClFN2O/c1-16-10-3-2-7(12)4-9(10)11-14-5-8(13)6-15-11/h2-6H,1H3. The van der Waals surface area contributed by atoms with E-state index in [-0.39, 0.29) is 0 Å². The molecule has 0 unspecified atom stereocenters. The molecule has 1 aromatic heterocycles. The van der Waals surface area contributed by atoms with Crippen LogP contribution in [-0.2, 0) is 0 Å². The summed E-state index contributed by atoms with van der Waals surface area (Å²) in [6, 6.07) is 5.09. The van der Waals surface area contributed by atoms with Gasteiger partial charge >= 0.3 is 0 Å². The molecule has 3 nitrogen and oxygen atoms in total. The predicted molar refractivity (Wildman–Crippen MR) is 59.0 cm³/mol. The number of ether oxygens (including phenoxy) is 1. The molecular formula is C11H8ClFN2O. The summed E-state index contributed by atoms with van der Waals surface area (Å²) < 4.78 is 17.8. The van der Waals surface area contributed by atoms with Crippen molar-refractivity contribution in [1.82, 2.24) is 9.97 Å². The fraction of sp³-hybridized carbons (Fsp3) is 0.0909. The Morgan fingerprint density at radius 1 is 1.25 bits per heavy atom. The highest BCUT2D eigenvalue weighted by molar-refractivity contribution is 6.30. The molecule has 2 rings (SSSR count). The molecule has 2 aromatic rings. The average molecular weight is 239 g/mol. The lowest BCUT2D eigenvalue weighted by Gasteiger charge is -2.07. The number of hydrogen-bond acceptors (Lipinski definition) is 3. The molecule has 0 aliphatic rings. The van der Waals surface area contributed by atoms with E-state index in [0.717, 1.165) is 12.4 Å². The molecule has 1 aromatic carbocycles. The first-order valence-electron chi connectivity index (χ1n) is 4.52. The molecule has 0 N–H and O–H groups in total. The van der Waals surface area contributed by atoms with E-state index >= 15 is 0 Å². The lowest BCUT2D eigenvalue weighted by atomic mass is 10.2. The van der Waals surface area contributed by atoms with Crippen molar-refractivity contribution in [3.05, 3.63) is 41.4 Å². The van der Waals surface area contributed by atoms with Gasteiger partial charge < -0.3 is 4.74 Å². The zero-order valence-corrected chi connectivity index (χ0v) is 9.20. The third-order valence-corrected chi connectivity index (χ3v) is 2.26. The number of methoxy groups -OCH3 is 1. The second kappa shape index (κ2) is 4.45. The van der Waals surface area contributed by atoms with Crippen LogP contribution in [-0.4, -0.2) is 17.1 Å². The van der Waals surface area contributed by atoms with Crippen molar-refractivity contribution in [2.45, 2.75) is 0 Å². The average Bonchev–Trinajstić information content (AvgIpc) is 2.30. The number of aromatic nitrogens is 2. The van der Waals surface area contributed by atoms with Crippen LogP contribution >= 0.6 is 11.6 Å². The Bertz CT molecular complexity index is 502. The molecule has 0 bridgehead atoms. The van der Waals surface area contributed by atoms with E-state index in [1.54, 1.807) is 18.2 Å². The summed E-state index contributed by atoms with van der Waals surface area (Å²) in [6.07, 6.45) is 2.20. The number of halogens is 2. The van der Waals surface area contributed by atoms with Crippen LogP contribution in [0.4, 0.5) is 4.39 Å². The van der Waals surface area contributed by atoms with Crippen LogP contribution in [0.15, 0.2) is 30.6 Å². The first-order valence-corrected chi connectivity index (χ1v) is 4.90. The second-order valence-corrected chi connectivity index (χ2v) is 3.51. The molecule has 0 atom stereocenters. The molecule has 0 aliphatic heterocycles. The summed E-state index contributed by atoms with van der Waals surface area (Å²) in [5.41, 5.74) is 0.634. The molecule has 0 saturated heterocycles. The summed E-state index contributed by atoms with van der Waals surface area (Å²) in [5, 5.41) is 0.545. The van der Waals surface area contributed by atoms with Crippen molar-refractivity contribution in [1.29, 1.82) is 0 Å². The van der Waals surface area contributed by atoms with Crippen molar-refractivity contribution < 1.29 is 9.13 Å². The van der Waals surface area contributed by atoms with Gasteiger partial charge in [-0.25, -0.2) is 14.4 Å². The summed E-state index contributed by atoms with van der Waals surface area (Å²) in [4.78, 5) is 7.75. The number of nitrogens with zero attached hydrogens (tertiary/aromatic N) is 2. The Labute approximate surface area is 96.9 Å². The largest absolute Gasteiger partial charge is 0.496 e. The number of benzene rings is 1. The van der Waals surface area contributed by atoms with Gasteiger partial charge in [0.2, 0.25) is 0 Å². The summed E-state index contributed by atoms with van der Waals surface area (Å²) >= 11 is 5.87. The summed E-state index contributed by atoms with van der Waals surface area (Å²) in [5.74, 6) is 0.488. The SMILES string of the molecule is COc1ccc(Cl)cc1-c1ncc(F)cn1. The normalized spacial score (nSPS) is 10.2. The molecule has 0 saturated carbocycles. The van der Waals surface area contributed by atoms with E-state index in [9.17, 15) is 4.39 Å². The lowest BCUT2D eigenvalue weighted by molar-refractivity contribution is 0.416. The third kappa shape index (κ3) is 2.12. The molecule has 0 spiro atoms. The van der Waals surface area contributed by atoms with Gasteiger partial charge in [-0.15, -0.1) is 0 Å². The van der Waals surface area contributed by atoms with Gasteiger partial charge in [-0.3, -0.25) is 0 Å². The zero-order chi connectivity index (χ0) is 11.5. The Kier molecular flexibility index (Phi) is 3.01. The van der Waals surface area contributed by atoms with E-state index in [0.29, 0.717) is 22.2 Å². The maximum absolute atomic E-state index is 12.7. The second-order valence-electron chi connectivity index (χ2n) is 3.07. The van der Waals surface area contributed by atoms with E-state index in [1.807, 2.05) is 0 Å². The van der Waals surface area contributed by atoms with Crippen molar-refractivity contribution >= 4 is 11.6 Å². The molecule has 82 valence electrons. The van der Waals surface area contributed by atoms with Gasteiger partial charge in [-0.1, -0.05) is 11.6 Å². The van der Waals surface area contributed by atoms with E-state index in [1.165, 1.54) is 7.11 Å². The van der Waals surface area contributed by atoms with Crippen molar-refractivity contribution in [3.8, 4) is 17.1 Å². The molecule has 1 heterocycles. The van der Waals surface area contributed by atoms with Crippen molar-refractivity contribution in [2.75, 3.05) is 7.11 Å².